The smallest absolute Gasteiger partial charge is 0.287 e. The van der Waals surface area contributed by atoms with Crippen molar-refractivity contribution in [2.75, 3.05) is 12.4 Å². The number of carbonyl (C=O) groups excluding carboxylic acids is 1. The minimum atomic E-state index is -0.571. The summed E-state index contributed by atoms with van der Waals surface area (Å²) >= 11 is 0. The second-order valence-electron chi connectivity index (χ2n) is 3.84. The Bertz CT molecular complexity index is 623. The van der Waals surface area contributed by atoms with E-state index in [0.29, 0.717) is 11.4 Å². The number of nitro groups is 1. The Kier molecular flexibility index (Phi) is 3.90. The van der Waals surface area contributed by atoms with Crippen molar-refractivity contribution in [3.63, 3.8) is 0 Å². The molecule has 20 heavy (non-hydrogen) atoms. The lowest BCUT2D eigenvalue weighted by Crippen LogP contribution is -2.13. The lowest BCUT2D eigenvalue weighted by atomic mass is 10.2. The summed E-state index contributed by atoms with van der Waals surface area (Å²) < 4.78 is 5.01. The number of nitrogens with zero attached hydrogens (tertiary/aromatic N) is 2. The highest BCUT2D eigenvalue weighted by molar-refractivity contribution is 6.02. The zero-order chi connectivity index (χ0) is 14.5. The molecule has 0 aliphatic heterocycles. The number of pyridine rings is 1. The highest BCUT2D eigenvalue weighted by Gasteiger charge is 2.11. The molecule has 7 nitrogen and oxygen atoms in total. The molecule has 0 spiro atoms. The van der Waals surface area contributed by atoms with Gasteiger partial charge in [0.1, 0.15) is 17.6 Å². The fourth-order valence-electron chi connectivity index (χ4n) is 1.50. The van der Waals surface area contributed by atoms with Crippen LogP contribution in [0.4, 0.5) is 11.4 Å². The first kappa shape index (κ1) is 13.5. The molecule has 1 aromatic heterocycles. The van der Waals surface area contributed by atoms with Gasteiger partial charge in [0, 0.05) is 11.8 Å². The SMILES string of the molecule is COc1ccc(NC(=O)c2ccc([N+](=O)[O-])cn2)cc1. The van der Waals surface area contributed by atoms with Crippen LogP contribution in [0.5, 0.6) is 5.75 Å². The molecule has 0 saturated heterocycles. The van der Waals surface area contributed by atoms with Crippen molar-refractivity contribution in [2.24, 2.45) is 0 Å². The molecule has 1 N–H and O–H groups in total. The molecule has 0 fully saturated rings. The van der Waals surface area contributed by atoms with Gasteiger partial charge in [0.05, 0.1) is 12.0 Å². The van der Waals surface area contributed by atoms with Crippen LogP contribution in [0.1, 0.15) is 10.5 Å². The van der Waals surface area contributed by atoms with E-state index in [1.165, 1.54) is 12.1 Å². The number of hydrogen-bond acceptors (Lipinski definition) is 5. The molecule has 7 heteroatoms. The Morgan fingerprint density at radius 2 is 1.95 bits per heavy atom. The van der Waals surface area contributed by atoms with Crippen LogP contribution in [0, 0.1) is 10.1 Å². The van der Waals surface area contributed by atoms with Crippen LogP contribution in [0.15, 0.2) is 42.6 Å². The minimum Gasteiger partial charge on any atom is -0.497 e. The number of ether oxygens (including phenoxy) is 1. The molecule has 1 aromatic carbocycles. The van der Waals surface area contributed by atoms with Crippen LogP contribution in [-0.4, -0.2) is 22.9 Å². The zero-order valence-corrected chi connectivity index (χ0v) is 10.6. The Hall–Kier alpha value is -2.96. The first-order valence-corrected chi connectivity index (χ1v) is 5.66. The Balaban J connectivity index is 2.08. The summed E-state index contributed by atoms with van der Waals surface area (Å²) in [6.07, 6.45) is 1.04. The van der Waals surface area contributed by atoms with Crippen molar-refractivity contribution in [3.8, 4) is 5.75 Å². The second-order valence-corrected chi connectivity index (χ2v) is 3.84. The van der Waals surface area contributed by atoms with Crippen LogP contribution in [-0.2, 0) is 0 Å². The van der Waals surface area contributed by atoms with Gasteiger partial charge in [-0.05, 0) is 30.3 Å². The molecule has 0 bridgehead atoms. The van der Waals surface area contributed by atoms with Crippen molar-refractivity contribution < 1.29 is 14.5 Å². The number of benzene rings is 1. The maximum absolute atomic E-state index is 11.9. The molecule has 0 aliphatic carbocycles. The van der Waals surface area contributed by atoms with Gasteiger partial charge in [0.2, 0.25) is 0 Å². The first-order chi connectivity index (χ1) is 9.60. The fourth-order valence-corrected chi connectivity index (χ4v) is 1.50. The maximum Gasteiger partial charge on any atom is 0.287 e. The van der Waals surface area contributed by atoms with Crippen molar-refractivity contribution in [1.29, 1.82) is 0 Å². The van der Waals surface area contributed by atoms with E-state index in [0.717, 1.165) is 6.20 Å². The normalized spacial score (nSPS) is 9.85. The molecule has 0 radical (unpaired) electrons. The summed E-state index contributed by atoms with van der Waals surface area (Å²) in [5.74, 6) is 0.238. The topological polar surface area (TPSA) is 94.4 Å². The molecule has 102 valence electrons. The molecular formula is C13H11N3O4. The summed E-state index contributed by atoms with van der Waals surface area (Å²) in [6.45, 7) is 0. The summed E-state index contributed by atoms with van der Waals surface area (Å²) in [5.41, 5.74) is 0.522. The summed E-state index contributed by atoms with van der Waals surface area (Å²) in [7, 11) is 1.55. The van der Waals surface area contributed by atoms with Gasteiger partial charge in [0.15, 0.2) is 0 Å². The van der Waals surface area contributed by atoms with E-state index in [4.69, 9.17) is 4.74 Å². The Morgan fingerprint density at radius 1 is 1.25 bits per heavy atom. The van der Waals surface area contributed by atoms with E-state index in [-0.39, 0.29) is 11.4 Å². The van der Waals surface area contributed by atoms with E-state index in [1.54, 1.807) is 31.4 Å². The number of amides is 1. The van der Waals surface area contributed by atoms with Gasteiger partial charge in [-0.2, -0.15) is 0 Å². The molecule has 2 aromatic rings. The number of anilines is 1. The Morgan fingerprint density at radius 3 is 2.45 bits per heavy atom. The maximum atomic E-state index is 11.9. The average Bonchev–Trinajstić information content (AvgIpc) is 2.48. The van der Waals surface area contributed by atoms with Crippen molar-refractivity contribution in [1.82, 2.24) is 4.98 Å². The molecule has 0 unspecified atom stereocenters. The number of hydrogen-bond donors (Lipinski definition) is 1. The molecule has 0 saturated carbocycles. The van der Waals surface area contributed by atoms with E-state index >= 15 is 0 Å². The van der Waals surface area contributed by atoms with Gasteiger partial charge in [0.25, 0.3) is 11.6 Å². The molecule has 0 atom stereocenters. The largest absolute Gasteiger partial charge is 0.497 e. The fraction of sp³-hybridized carbons (Fsp3) is 0.0769. The van der Waals surface area contributed by atoms with Crippen LogP contribution >= 0.6 is 0 Å². The quantitative estimate of drug-likeness (QED) is 0.681. The zero-order valence-electron chi connectivity index (χ0n) is 10.6. The Labute approximate surface area is 114 Å². The third kappa shape index (κ3) is 3.08. The lowest BCUT2D eigenvalue weighted by Gasteiger charge is -2.05. The molecule has 0 aliphatic rings. The number of rotatable bonds is 4. The third-order valence-corrected chi connectivity index (χ3v) is 2.54. The summed E-state index contributed by atoms with van der Waals surface area (Å²) in [6, 6.07) is 9.31. The van der Waals surface area contributed by atoms with Crippen LogP contribution in [0.3, 0.4) is 0 Å². The van der Waals surface area contributed by atoms with Crippen LogP contribution in [0.25, 0.3) is 0 Å². The monoisotopic (exact) mass is 273 g/mol. The lowest BCUT2D eigenvalue weighted by molar-refractivity contribution is -0.385. The van der Waals surface area contributed by atoms with Crippen molar-refractivity contribution in [3.05, 3.63) is 58.4 Å². The highest BCUT2D eigenvalue weighted by atomic mass is 16.6. The van der Waals surface area contributed by atoms with Gasteiger partial charge in [-0.25, -0.2) is 4.98 Å². The van der Waals surface area contributed by atoms with Gasteiger partial charge in [-0.1, -0.05) is 0 Å². The molecular weight excluding hydrogens is 262 g/mol. The highest BCUT2D eigenvalue weighted by Crippen LogP contribution is 2.16. The van der Waals surface area contributed by atoms with E-state index in [1.807, 2.05) is 0 Å². The summed E-state index contributed by atoms with van der Waals surface area (Å²) in [4.78, 5) is 25.5. The standard InChI is InChI=1S/C13H11N3O4/c1-20-11-5-2-9(3-6-11)15-13(17)12-7-4-10(8-14-12)16(18)19/h2-8H,1H3,(H,15,17). The first-order valence-electron chi connectivity index (χ1n) is 5.66. The van der Waals surface area contributed by atoms with Gasteiger partial charge in [-0.15, -0.1) is 0 Å². The number of carbonyl (C=O) groups is 1. The number of methoxy groups -OCH3 is 1. The van der Waals surface area contributed by atoms with E-state index < -0.39 is 10.8 Å². The van der Waals surface area contributed by atoms with Crippen LogP contribution in [0.2, 0.25) is 0 Å². The molecule has 2 rings (SSSR count). The van der Waals surface area contributed by atoms with Crippen molar-refractivity contribution >= 4 is 17.3 Å². The minimum absolute atomic E-state index is 0.103. The molecule has 1 heterocycles. The average molecular weight is 273 g/mol. The number of aromatic nitrogens is 1. The van der Waals surface area contributed by atoms with E-state index in [9.17, 15) is 14.9 Å². The second kappa shape index (κ2) is 5.79. The van der Waals surface area contributed by atoms with Gasteiger partial charge < -0.3 is 10.1 Å². The van der Waals surface area contributed by atoms with E-state index in [2.05, 4.69) is 10.3 Å². The third-order valence-electron chi connectivity index (χ3n) is 2.54. The van der Waals surface area contributed by atoms with Gasteiger partial charge in [-0.3, -0.25) is 14.9 Å². The van der Waals surface area contributed by atoms with Crippen molar-refractivity contribution in [2.45, 2.75) is 0 Å². The van der Waals surface area contributed by atoms with Gasteiger partial charge >= 0.3 is 0 Å². The predicted molar refractivity (Wildman–Crippen MR) is 71.8 cm³/mol. The predicted octanol–water partition coefficient (Wildman–Crippen LogP) is 2.25. The molecule has 1 amide bonds. The summed E-state index contributed by atoms with van der Waals surface area (Å²) in [5, 5.41) is 13.1. The number of nitrogens with one attached hydrogen (secondary N) is 1. The van der Waals surface area contributed by atoms with Crippen LogP contribution < -0.4 is 10.1 Å².